The van der Waals surface area contributed by atoms with Gasteiger partial charge in [0.1, 0.15) is 5.75 Å². The fraction of sp³-hybridized carbons (Fsp3) is 0.500. The summed E-state index contributed by atoms with van der Waals surface area (Å²) in [7, 11) is 0. The number of benzene rings is 1. The van der Waals surface area contributed by atoms with E-state index in [0.29, 0.717) is 30.5 Å². The molecular formula is C14H15ClF3NO2. The van der Waals surface area contributed by atoms with E-state index in [-0.39, 0.29) is 11.7 Å². The van der Waals surface area contributed by atoms with Crippen LogP contribution in [0.3, 0.4) is 0 Å². The Balaban J connectivity index is 1.97. The van der Waals surface area contributed by atoms with E-state index in [9.17, 15) is 18.0 Å². The quantitative estimate of drug-likeness (QED) is 0.795. The minimum Gasteiger partial charge on any atom is -0.406 e. The fourth-order valence-electron chi connectivity index (χ4n) is 2.27. The highest BCUT2D eigenvalue weighted by Crippen LogP contribution is 2.24. The van der Waals surface area contributed by atoms with E-state index < -0.39 is 6.36 Å². The van der Waals surface area contributed by atoms with E-state index in [1.807, 2.05) is 0 Å². The molecule has 0 saturated carbocycles. The van der Waals surface area contributed by atoms with Crippen LogP contribution in [0.15, 0.2) is 24.3 Å². The number of hydrogen-bond donors (Lipinski definition) is 0. The molecule has 2 rings (SSSR count). The predicted octanol–water partition coefficient (Wildman–Crippen LogP) is 3.68. The van der Waals surface area contributed by atoms with Gasteiger partial charge in [0.05, 0.1) is 0 Å². The Morgan fingerprint density at radius 1 is 1.24 bits per heavy atom. The predicted molar refractivity (Wildman–Crippen MR) is 72.5 cm³/mol. The van der Waals surface area contributed by atoms with E-state index in [2.05, 4.69) is 4.74 Å². The molecule has 0 spiro atoms. The molecule has 7 heteroatoms. The van der Waals surface area contributed by atoms with Gasteiger partial charge in [-0.2, -0.15) is 0 Å². The molecule has 0 unspecified atom stereocenters. The topological polar surface area (TPSA) is 29.5 Å². The van der Waals surface area contributed by atoms with Crippen LogP contribution in [0.25, 0.3) is 0 Å². The van der Waals surface area contributed by atoms with E-state index >= 15 is 0 Å². The van der Waals surface area contributed by atoms with Gasteiger partial charge in [0.25, 0.3) is 5.91 Å². The van der Waals surface area contributed by atoms with Crippen molar-refractivity contribution in [2.24, 2.45) is 5.92 Å². The van der Waals surface area contributed by atoms with E-state index in [1.165, 1.54) is 12.1 Å². The monoisotopic (exact) mass is 321 g/mol. The Kier molecular flexibility index (Phi) is 4.98. The standard InChI is InChI=1S/C14H15ClF3NO2/c15-9-10-5-7-19(8-6-10)13(20)11-1-3-12(4-2-11)21-14(16,17)18/h1-4,10H,5-9H2. The lowest BCUT2D eigenvalue weighted by molar-refractivity contribution is -0.274. The molecule has 3 nitrogen and oxygen atoms in total. The van der Waals surface area contributed by atoms with Crippen LogP contribution in [0, 0.1) is 5.92 Å². The van der Waals surface area contributed by atoms with E-state index in [0.717, 1.165) is 25.0 Å². The zero-order chi connectivity index (χ0) is 15.5. The van der Waals surface area contributed by atoms with Crippen LogP contribution in [0.4, 0.5) is 13.2 Å². The minimum atomic E-state index is -4.73. The van der Waals surface area contributed by atoms with Crippen molar-refractivity contribution in [3.05, 3.63) is 29.8 Å². The molecule has 1 heterocycles. The Hall–Kier alpha value is -1.43. The molecule has 0 radical (unpaired) electrons. The number of halogens is 4. The molecular weight excluding hydrogens is 307 g/mol. The lowest BCUT2D eigenvalue weighted by Gasteiger charge is -2.31. The maximum Gasteiger partial charge on any atom is 0.573 e. The third-order valence-corrected chi connectivity index (χ3v) is 3.89. The Bertz CT molecular complexity index is 482. The van der Waals surface area contributed by atoms with E-state index in [4.69, 9.17) is 11.6 Å². The lowest BCUT2D eigenvalue weighted by Crippen LogP contribution is -2.38. The molecule has 0 aromatic heterocycles. The number of carbonyl (C=O) groups is 1. The summed E-state index contributed by atoms with van der Waals surface area (Å²) >= 11 is 5.79. The summed E-state index contributed by atoms with van der Waals surface area (Å²) in [5.74, 6) is 0.505. The molecule has 1 amide bonds. The maximum atomic E-state index is 12.2. The van der Waals surface area contributed by atoms with Gasteiger partial charge in [-0.25, -0.2) is 0 Å². The molecule has 116 valence electrons. The highest BCUT2D eigenvalue weighted by atomic mass is 35.5. The maximum absolute atomic E-state index is 12.2. The van der Waals surface area contributed by atoms with Gasteiger partial charge in [-0.3, -0.25) is 4.79 Å². The molecule has 0 aliphatic carbocycles. The zero-order valence-electron chi connectivity index (χ0n) is 11.2. The summed E-state index contributed by atoms with van der Waals surface area (Å²) in [6, 6.07) is 4.98. The highest BCUT2D eigenvalue weighted by Gasteiger charge is 2.31. The van der Waals surface area contributed by atoms with Crippen LogP contribution < -0.4 is 4.74 Å². The van der Waals surface area contributed by atoms with Crippen molar-refractivity contribution in [2.75, 3.05) is 19.0 Å². The first kappa shape index (κ1) is 15.9. The number of alkyl halides is 4. The van der Waals surface area contributed by atoms with Crippen molar-refractivity contribution in [3.8, 4) is 5.75 Å². The highest BCUT2D eigenvalue weighted by molar-refractivity contribution is 6.18. The normalized spacial score (nSPS) is 16.9. The van der Waals surface area contributed by atoms with Crippen molar-refractivity contribution in [1.82, 2.24) is 4.90 Å². The smallest absolute Gasteiger partial charge is 0.406 e. The number of ether oxygens (including phenoxy) is 1. The number of nitrogens with zero attached hydrogens (tertiary/aromatic N) is 1. The van der Waals surface area contributed by atoms with Gasteiger partial charge < -0.3 is 9.64 Å². The van der Waals surface area contributed by atoms with Crippen molar-refractivity contribution in [1.29, 1.82) is 0 Å². The second-order valence-electron chi connectivity index (χ2n) is 4.96. The second-order valence-corrected chi connectivity index (χ2v) is 5.27. The summed E-state index contributed by atoms with van der Waals surface area (Å²) in [4.78, 5) is 13.9. The third kappa shape index (κ3) is 4.52. The summed E-state index contributed by atoms with van der Waals surface area (Å²) in [5.41, 5.74) is 0.355. The Labute approximate surface area is 125 Å². The third-order valence-electron chi connectivity index (χ3n) is 3.45. The Morgan fingerprint density at radius 3 is 2.29 bits per heavy atom. The van der Waals surface area contributed by atoms with E-state index in [1.54, 1.807) is 4.90 Å². The lowest BCUT2D eigenvalue weighted by atomic mass is 9.98. The molecule has 1 aliphatic rings. The van der Waals surface area contributed by atoms with Gasteiger partial charge in [0.15, 0.2) is 0 Å². The first-order chi connectivity index (χ1) is 9.89. The van der Waals surface area contributed by atoms with Crippen molar-refractivity contribution < 1.29 is 22.7 Å². The molecule has 1 saturated heterocycles. The molecule has 1 aromatic rings. The SMILES string of the molecule is O=C(c1ccc(OC(F)(F)F)cc1)N1CCC(CCl)CC1. The number of rotatable bonds is 3. The van der Waals surface area contributed by atoms with Gasteiger partial charge in [0.2, 0.25) is 0 Å². The number of hydrogen-bond acceptors (Lipinski definition) is 2. The molecule has 1 aliphatic heterocycles. The van der Waals surface area contributed by atoms with Crippen LogP contribution in [-0.2, 0) is 0 Å². The molecule has 1 aromatic carbocycles. The molecule has 0 atom stereocenters. The number of likely N-dealkylation sites (tertiary alicyclic amines) is 1. The molecule has 1 fully saturated rings. The first-order valence-corrected chi connectivity index (χ1v) is 7.13. The average molecular weight is 322 g/mol. The fourth-order valence-corrected chi connectivity index (χ4v) is 2.58. The van der Waals surface area contributed by atoms with Gasteiger partial charge in [-0.15, -0.1) is 24.8 Å². The van der Waals surface area contributed by atoms with Crippen molar-refractivity contribution in [3.63, 3.8) is 0 Å². The summed E-state index contributed by atoms with van der Waals surface area (Å²) in [5, 5.41) is 0. The number of carbonyl (C=O) groups excluding carboxylic acids is 1. The average Bonchev–Trinajstić information content (AvgIpc) is 2.46. The molecule has 0 N–H and O–H groups in total. The van der Waals surface area contributed by atoms with Crippen molar-refractivity contribution >= 4 is 17.5 Å². The minimum absolute atomic E-state index is 0.179. The summed E-state index contributed by atoms with van der Waals surface area (Å²) in [6.07, 6.45) is -3.02. The van der Waals surface area contributed by atoms with Crippen LogP contribution in [0.2, 0.25) is 0 Å². The van der Waals surface area contributed by atoms with Crippen molar-refractivity contribution in [2.45, 2.75) is 19.2 Å². The Morgan fingerprint density at radius 2 is 1.81 bits per heavy atom. The van der Waals surface area contributed by atoms with Crippen LogP contribution in [0.5, 0.6) is 5.75 Å². The van der Waals surface area contributed by atoms with Crippen LogP contribution in [0.1, 0.15) is 23.2 Å². The zero-order valence-corrected chi connectivity index (χ0v) is 12.0. The van der Waals surface area contributed by atoms with Gasteiger partial charge >= 0.3 is 6.36 Å². The summed E-state index contributed by atoms with van der Waals surface area (Å²) in [6.45, 7) is 1.24. The largest absolute Gasteiger partial charge is 0.573 e. The first-order valence-electron chi connectivity index (χ1n) is 6.60. The molecule has 21 heavy (non-hydrogen) atoms. The van der Waals surface area contributed by atoms with Crippen LogP contribution >= 0.6 is 11.6 Å². The summed E-state index contributed by atoms with van der Waals surface area (Å²) < 4.78 is 39.9. The molecule has 0 bridgehead atoms. The van der Waals surface area contributed by atoms with Gasteiger partial charge in [-0.05, 0) is 43.0 Å². The number of piperidine rings is 1. The van der Waals surface area contributed by atoms with Gasteiger partial charge in [0, 0.05) is 24.5 Å². The number of amides is 1. The second kappa shape index (κ2) is 6.56. The van der Waals surface area contributed by atoms with Gasteiger partial charge in [-0.1, -0.05) is 0 Å². The van der Waals surface area contributed by atoms with Crippen LogP contribution in [-0.4, -0.2) is 36.1 Å².